The van der Waals surface area contributed by atoms with E-state index in [1.165, 1.54) is 0 Å². The molecule has 0 aromatic carbocycles. The van der Waals surface area contributed by atoms with Gasteiger partial charge < -0.3 is 20.1 Å². The Morgan fingerprint density at radius 3 is 2.89 bits per heavy atom. The van der Waals surface area contributed by atoms with Gasteiger partial charge in [-0.2, -0.15) is 0 Å². The fourth-order valence-corrected chi connectivity index (χ4v) is 3.17. The number of nitrogens with one attached hydrogen (secondary N) is 2. The predicted octanol–water partition coefficient (Wildman–Crippen LogP) is 2.12. The van der Waals surface area contributed by atoms with Crippen molar-refractivity contribution in [1.82, 2.24) is 30.4 Å². The lowest BCUT2D eigenvalue weighted by atomic mass is 10.3. The molecule has 0 saturated carbocycles. The van der Waals surface area contributed by atoms with E-state index in [4.69, 9.17) is 11.6 Å². The summed E-state index contributed by atoms with van der Waals surface area (Å²) < 4.78 is 1.95. The SMILES string of the molecule is CCNC(=NCc1nnc(C)n1C)NC1CCN(c2ncccc2Cl)C1.I. The van der Waals surface area contributed by atoms with E-state index in [0.717, 1.165) is 49.5 Å². The minimum Gasteiger partial charge on any atom is -0.357 e. The quantitative estimate of drug-likeness (QED) is 0.369. The molecule has 0 spiro atoms. The molecule has 0 amide bonds. The number of guanidine groups is 1. The molecule has 10 heteroatoms. The van der Waals surface area contributed by atoms with Crippen LogP contribution in [-0.2, 0) is 13.6 Å². The summed E-state index contributed by atoms with van der Waals surface area (Å²) in [4.78, 5) is 11.3. The number of aromatic nitrogens is 4. The van der Waals surface area contributed by atoms with Crippen LogP contribution < -0.4 is 15.5 Å². The van der Waals surface area contributed by atoms with Crippen LogP contribution in [0.5, 0.6) is 0 Å². The second kappa shape index (κ2) is 10.1. The van der Waals surface area contributed by atoms with Gasteiger partial charge >= 0.3 is 0 Å². The van der Waals surface area contributed by atoms with Gasteiger partial charge in [0.05, 0.1) is 5.02 Å². The molecular formula is C17H26ClIN8. The van der Waals surface area contributed by atoms with E-state index < -0.39 is 0 Å². The first-order chi connectivity index (χ1) is 12.6. The fourth-order valence-electron chi connectivity index (χ4n) is 2.93. The molecule has 0 bridgehead atoms. The summed E-state index contributed by atoms with van der Waals surface area (Å²) in [5.41, 5.74) is 0. The molecule has 148 valence electrons. The molecule has 2 aromatic rings. The summed E-state index contributed by atoms with van der Waals surface area (Å²) in [7, 11) is 1.95. The Morgan fingerprint density at radius 2 is 2.22 bits per heavy atom. The standard InChI is InChI=1S/C17H25ClN8.HI/c1-4-19-17(21-10-15-24-23-12(2)25(15)3)22-13-7-9-26(11-13)16-14(18)6-5-8-20-16;/h5-6,8,13H,4,7,9-11H2,1-3H3,(H2,19,21,22);1H. The topological polar surface area (TPSA) is 83.3 Å². The van der Waals surface area contributed by atoms with Gasteiger partial charge in [-0.15, -0.1) is 34.2 Å². The van der Waals surface area contributed by atoms with Crippen LogP contribution in [0.1, 0.15) is 25.0 Å². The van der Waals surface area contributed by atoms with E-state index in [1.807, 2.05) is 30.7 Å². The molecule has 1 fully saturated rings. The maximum atomic E-state index is 6.27. The molecular weight excluding hydrogens is 479 g/mol. The van der Waals surface area contributed by atoms with Crippen molar-refractivity contribution in [3.63, 3.8) is 0 Å². The van der Waals surface area contributed by atoms with Gasteiger partial charge in [-0.05, 0) is 32.4 Å². The van der Waals surface area contributed by atoms with E-state index in [-0.39, 0.29) is 30.0 Å². The molecule has 1 saturated heterocycles. The minimum atomic E-state index is 0. The zero-order valence-corrected chi connectivity index (χ0v) is 18.9. The van der Waals surface area contributed by atoms with Crippen LogP contribution in [-0.4, -0.2) is 51.4 Å². The smallest absolute Gasteiger partial charge is 0.191 e. The molecule has 1 atom stereocenters. The Bertz CT molecular complexity index is 778. The summed E-state index contributed by atoms with van der Waals surface area (Å²) in [5.74, 6) is 3.35. The summed E-state index contributed by atoms with van der Waals surface area (Å²) in [6.45, 7) is 7.01. The number of hydrogen-bond donors (Lipinski definition) is 2. The number of aryl methyl sites for hydroxylation is 1. The fraction of sp³-hybridized carbons (Fsp3) is 0.529. The first-order valence-electron chi connectivity index (χ1n) is 8.83. The molecule has 3 rings (SSSR count). The highest BCUT2D eigenvalue weighted by molar-refractivity contribution is 14.0. The molecule has 1 aliphatic rings. The Morgan fingerprint density at radius 1 is 1.41 bits per heavy atom. The van der Waals surface area contributed by atoms with Crippen molar-refractivity contribution in [3.8, 4) is 0 Å². The lowest BCUT2D eigenvalue weighted by Gasteiger charge is -2.20. The number of halogens is 2. The lowest BCUT2D eigenvalue weighted by Crippen LogP contribution is -2.44. The summed E-state index contributed by atoms with van der Waals surface area (Å²) in [5, 5.41) is 15.7. The Hall–Kier alpha value is -1.62. The van der Waals surface area contributed by atoms with Gasteiger partial charge in [0.2, 0.25) is 0 Å². The summed E-state index contributed by atoms with van der Waals surface area (Å²) in [6, 6.07) is 4.01. The van der Waals surface area contributed by atoms with E-state index in [2.05, 4.69) is 42.6 Å². The Kier molecular flexibility index (Phi) is 8.08. The lowest BCUT2D eigenvalue weighted by molar-refractivity contribution is 0.646. The first-order valence-corrected chi connectivity index (χ1v) is 9.21. The van der Waals surface area contributed by atoms with Gasteiger partial charge in [0.1, 0.15) is 18.2 Å². The van der Waals surface area contributed by atoms with Crippen molar-refractivity contribution < 1.29 is 0 Å². The van der Waals surface area contributed by atoms with Crippen molar-refractivity contribution in [3.05, 3.63) is 35.0 Å². The van der Waals surface area contributed by atoms with Crippen LogP contribution in [0.4, 0.5) is 5.82 Å². The third kappa shape index (κ3) is 5.44. The zero-order chi connectivity index (χ0) is 18.5. The minimum absolute atomic E-state index is 0. The van der Waals surface area contributed by atoms with Crippen molar-refractivity contribution >= 4 is 47.4 Å². The zero-order valence-electron chi connectivity index (χ0n) is 15.8. The Balaban J connectivity index is 0.00000261. The normalized spacial score (nSPS) is 17.0. The Labute approximate surface area is 181 Å². The highest BCUT2D eigenvalue weighted by atomic mass is 127. The van der Waals surface area contributed by atoms with Crippen molar-refractivity contribution in [1.29, 1.82) is 0 Å². The van der Waals surface area contributed by atoms with Crippen LogP contribution in [0.2, 0.25) is 5.02 Å². The predicted molar refractivity (Wildman–Crippen MR) is 119 cm³/mol. The number of aliphatic imine (C=N–C) groups is 1. The van der Waals surface area contributed by atoms with Gasteiger partial charge in [0, 0.05) is 38.9 Å². The van der Waals surface area contributed by atoms with Crippen LogP contribution in [0.15, 0.2) is 23.3 Å². The van der Waals surface area contributed by atoms with Gasteiger partial charge in [-0.3, -0.25) is 0 Å². The van der Waals surface area contributed by atoms with Crippen molar-refractivity contribution in [2.75, 3.05) is 24.5 Å². The van der Waals surface area contributed by atoms with Crippen molar-refractivity contribution in [2.24, 2.45) is 12.0 Å². The third-order valence-corrected chi connectivity index (χ3v) is 4.77. The molecule has 0 radical (unpaired) electrons. The molecule has 27 heavy (non-hydrogen) atoms. The summed E-state index contributed by atoms with van der Waals surface area (Å²) in [6.07, 6.45) is 2.77. The van der Waals surface area contributed by atoms with Gasteiger partial charge in [0.25, 0.3) is 0 Å². The number of anilines is 1. The maximum Gasteiger partial charge on any atom is 0.191 e. The molecule has 1 unspecified atom stereocenters. The van der Waals surface area contributed by atoms with Crippen LogP contribution in [0, 0.1) is 6.92 Å². The molecule has 1 aliphatic heterocycles. The van der Waals surface area contributed by atoms with E-state index in [9.17, 15) is 0 Å². The molecule has 2 aromatic heterocycles. The van der Waals surface area contributed by atoms with Crippen molar-refractivity contribution in [2.45, 2.75) is 32.9 Å². The van der Waals surface area contributed by atoms with E-state index in [1.54, 1.807) is 6.20 Å². The second-order valence-corrected chi connectivity index (χ2v) is 6.71. The number of pyridine rings is 1. The van der Waals surface area contributed by atoms with Crippen LogP contribution in [0.25, 0.3) is 0 Å². The average Bonchev–Trinajstić information content (AvgIpc) is 3.21. The first kappa shape index (κ1) is 21.7. The molecule has 2 N–H and O–H groups in total. The second-order valence-electron chi connectivity index (χ2n) is 6.30. The number of nitrogens with zero attached hydrogens (tertiary/aromatic N) is 6. The molecule has 3 heterocycles. The molecule has 0 aliphatic carbocycles. The highest BCUT2D eigenvalue weighted by Gasteiger charge is 2.25. The van der Waals surface area contributed by atoms with Crippen LogP contribution >= 0.6 is 35.6 Å². The molecule has 8 nitrogen and oxygen atoms in total. The maximum absolute atomic E-state index is 6.27. The van der Waals surface area contributed by atoms with Gasteiger partial charge in [0.15, 0.2) is 11.8 Å². The van der Waals surface area contributed by atoms with Gasteiger partial charge in [-0.25, -0.2) is 9.98 Å². The third-order valence-electron chi connectivity index (χ3n) is 4.47. The monoisotopic (exact) mass is 504 g/mol. The van der Waals surface area contributed by atoms with E-state index in [0.29, 0.717) is 11.6 Å². The largest absolute Gasteiger partial charge is 0.357 e. The summed E-state index contributed by atoms with van der Waals surface area (Å²) >= 11 is 6.27. The van der Waals surface area contributed by atoms with E-state index >= 15 is 0 Å². The average molecular weight is 505 g/mol. The number of rotatable bonds is 5. The van der Waals surface area contributed by atoms with Crippen LogP contribution in [0.3, 0.4) is 0 Å². The highest BCUT2D eigenvalue weighted by Crippen LogP contribution is 2.25. The van der Waals surface area contributed by atoms with Gasteiger partial charge in [-0.1, -0.05) is 11.6 Å². The number of hydrogen-bond acceptors (Lipinski definition) is 5.